The minimum Gasteiger partial charge on any atom is -0.497 e. The smallest absolute Gasteiger partial charge is 0.323 e. The number of carbonyl (C=O) groups excluding carboxylic acids is 1. The quantitative estimate of drug-likeness (QED) is 0.474. The number of carbonyl (C=O) groups is 1. The average molecular weight is 401 g/mol. The highest BCUT2D eigenvalue weighted by Gasteiger charge is 2.10. The Morgan fingerprint density at radius 1 is 1.03 bits per heavy atom. The molecule has 2 amide bonds. The van der Waals surface area contributed by atoms with Crippen LogP contribution in [0.5, 0.6) is 5.75 Å². The van der Waals surface area contributed by atoms with Crippen molar-refractivity contribution in [2.45, 2.75) is 6.42 Å². The predicted octanol–water partition coefficient (Wildman–Crippen LogP) is 3.56. The first-order valence-corrected chi connectivity index (χ1v) is 9.24. The van der Waals surface area contributed by atoms with E-state index >= 15 is 0 Å². The second kappa shape index (κ2) is 8.44. The van der Waals surface area contributed by atoms with Gasteiger partial charge in [-0.25, -0.2) is 9.89 Å². The zero-order valence-electron chi connectivity index (χ0n) is 16.2. The van der Waals surface area contributed by atoms with Crippen LogP contribution in [0.2, 0.25) is 0 Å². The molecule has 3 N–H and O–H groups in total. The fourth-order valence-corrected chi connectivity index (χ4v) is 3.13. The van der Waals surface area contributed by atoms with Gasteiger partial charge >= 0.3 is 6.03 Å². The molecule has 150 valence electrons. The molecule has 8 heteroatoms. The SMILES string of the molecule is COc1cccc(NC(=O)Nc2ccc3c(Cc4cccnc4)n[nH]c(=O)c3c2)c1. The molecule has 0 aliphatic heterocycles. The molecular formula is C22H19N5O3. The van der Waals surface area contributed by atoms with Gasteiger partial charge in [0.2, 0.25) is 0 Å². The number of pyridine rings is 1. The lowest BCUT2D eigenvalue weighted by molar-refractivity contribution is 0.262. The molecule has 0 aliphatic rings. The standard InChI is InChI=1S/C22H19N5O3/c1-30-17-6-2-5-15(11-17)24-22(29)25-16-7-8-18-19(12-16)21(28)27-26-20(18)10-14-4-3-9-23-13-14/h2-9,11-13H,10H2,1H3,(H,27,28)(H2,24,25,29). The number of hydrogen-bond donors (Lipinski definition) is 3. The van der Waals surface area contributed by atoms with E-state index in [0.29, 0.717) is 28.9 Å². The number of ether oxygens (including phenoxy) is 1. The summed E-state index contributed by atoms with van der Waals surface area (Å²) in [6.07, 6.45) is 4.00. The number of urea groups is 1. The number of methoxy groups -OCH3 is 1. The van der Waals surface area contributed by atoms with Gasteiger partial charge in [-0.15, -0.1) is 0 Å². The lowest BCUT2D eigenvalue weighted by Crippen LogP contribution is -2.20. The number of rotatable bonds is 5. The molecule has 0 saturated heterocycles. The molecule has 0 bridgehead atoms. The maximum Gasteiger partial charge on any atom is 0.323 e. The summed E-state index contributed by atoms with van der Waals surface area (Å²) in [5.41, 5.74) is 2.47. The monoisotopic (exact) mass is 401 g/mol. The maximum atomic E-state index is 12.3. The topological polar surface area (TPSA) is 109 Å². The Morgan fingerprint density at radius 3 is 2.63 bits per heavy atom. The highest BCUT2D eigenvalue weighted by Crippen LogP contribution is 2.21. The minimum absolute atomic E-state index is 0.322. The van der Waals surface area contributed by atoms with Crippen molar-refractivity contribution < 1.29 is 9.53 Å². The van der Waals surface area contributed by atoms with Crippen LogP contribution in [0.1, 0.15) is 11.3 Å². The van der Waals surface area contributed by atoms with E-state index in [2.05, 4.69) is 25.8 Å². The average Bonchev–Trinajstić information content (AvgIpc) is 2.76. The van der Waals surface area contributed by atoms with Gasteiger partial charge in [0.25, 0.3) is 5.56 Å². The highest BCUT2D eigenvalue weighted by molar-refractivity contribution is 6.01. The normalized spacial score (nSPS) is 10.6. The second-order valence-electron chi connectivity index (χ2n) is 6.61. The number of aromatic nitrogens is 3. The van der Waals surface area contributed by atoms with E-state index in [1.165, 1.54) is 0 Å². The van der Waals surface area contributed by atoms with Gasteiger partial charge in [-0.1, -0.05) is 18.2 Å². The van der Waals surface area contributed by atoms with Crippen molar-refractivity contribution in [2.75, 3.05) is 17.7 Å². The molecule has 4 rings (SSSR count). The zero-order chi connectivity index (χ0) is 20.9. The summed E-state index contributed by atoms with van der Waals surface area (Å²) in [7, 11) is 1.56. The molecule has 0 aliphatic carbocycles. The van der Waals surface area contributed by atoms with Crippen molar-refractivity contribution in [3.63, 3.8) is 0 Å². The first kappa shape index (κ1) is 19.1. The first-order valence-electron chi connectivity index (χ1n) is 9.24. The third-order valence-electron chi connectivity index (χ3n) is 4.55. The van der Waals surface area contributed by atoms with Gasteiger partial charge in [0.05, 0.1) is 18.2 Å². The number of nitrogens with one attached hydrogen (secondary N) is 3. The third-order valence-corrected chi connectivity index (χ3v) is 4.55. The number of hydrogen-bond acceptors (Lipinski definition) is 5. The van der Waals surface area contributed by atoms with E-state index in [1.807, 2.05) is 12.1 Å². The molecule has 2 heterocycles. The summed E-state index contributed by atoms with van der Waals surface area (Å²) in [6.45, 7) is 0. The van der Waals surface area contributed by atoms with Gasteiger partial charge in [-0.3, -0.25) is 9.78 Å². The highest BCUT2D eigenvalue weighted by atomic mass is 16.5. The van der Waals surface area contributed by atoms with Gasteiger partial charge in [-0.2, -0.15) is 5.10 Å². The summed E-state index contributed by atoms with van der Waals surface area (Å²) >= 11 is 0. The number of fused-ring (bicyclic) bond motifs is 1. The first-order chi connectivity index (χ1) is 14.6. The Morgan fingerprint density at radius 2 is 1.87 bits per heavy atom. The van der Waals surface area contributed by atoms with Crippen LogP contribution in [0.25, 0.3) is 10.8 Å². The van der Waals surface area contributed by atoms with Crippen molar-refractivity contribution in [3.05, 3.63) is 88.6 Å². The molecule has 0 spiro atoms. The van der Waals surface area contributed by atoms with Crippen LogP contribution < -0.4 is 20.9 Å². The van der Waals surface area contributed by atoms with Crippen LogP contribution in [-0.4, -0.2) is 28.3 Å². The van der Waals surface area contributed by atoms with Crippen molar-refractivity contribution >= 4 is 28.2 Å². The van der Waals surface area contributed by atoms with Gasteiger partial charge in [0.15, 0.2) is 0 Å². The van der Waals surface area contributed by atoms with E-state index in [9.17, 15) is 9.59 Å². The second-order valence-corrected chi connectivity index (χ2v) is 6.61. The molecule has 4 aromatic rings. The van der Waals surface area contributed by atoms with Crippen LogP contribution >= 0.6 is 0 Å². The van der Waals surface area contributed by atoms with E-state index < -0.39 is 6.03 Å². The largest absolute Gasteiger partial charge is 0.497 e. The fraction of sp³-hybridized carbons (Fsp3) is 0.0909. The lowest BCUT2D eigenvalue weighted by Gasteiger charge is -2.10. The summed E-state index contributed by atoms with van der Waals surface area (Å²) in [5, 5.41) is 13.4. The Labute approximate surface area is 171 Å². The summed E-state index contributed by atoms with van der Waals surface area (Å²) in [4.78, 5) is 28.8. The molecule has 0 radical (unpaired) electrons. The number of anilines is 2. The van der Waals surface area contributed by atoms with Crippen molar-refractivity contribution in [1.29, 1.82) is 0 Å². The molecule has 0 unspecified atom stereocenters. The third kappa shape index (κ3) is 4.27. The summed E-state index contributed by atoms with van der Waals surface area (Å²) in [5.74, 6) is 0.638. The number of benzene rings is 2. The lowest BCUT2D eigenvalue weighted by atomic mass is 10.1. The van der Waals surface area contributed by atoms with E-state index in [1.54, 1.807) is 62.0 Å². The van der Waals surface area contributed by atoms with E-state index in [-0.39, 0.29) is 5.56 Å². The Bertz CT molecular complexity index is 1250. The molecule has 0 fully saturated rings. The van der Waals surface area contributed by atoms with E-state index in [0.717, 1.165) is 16.6 Å². The maximum absolute atomic E-state index is 12.3. The molecule has 30 heavy (non-hydrogen) atoms. The van der Waals surface area contributed by atoms with Crippen molar-refractivity contribution in [1.82, 2.24) is 15.2 Å². The Kier molecular flexibility index (Phi) is 5.38. The zero-order valence-corrected chi connectivity index (χ0v) is 16.2. The number of amides is 2. The van der Waals surface area contributed by atoms with E-state index in [4.69, 9.17) is 4.74 Å². The fourth-order valence-electron chi connectivity index (χ4n) is 3.13. The summed E-state index contributed by atoms with van der Waals surface area (Å²) < 4.78 is 5.15. The molecule has 2 aromatic heterocycles. The number of nitrogens with zero attached hydrogens (tertiary/aromatic N) is 2. The molecule has 2 aromatic carbocycles. The Balaban J connectivity index is 1.56. The van der Waals surface area contributed by atoms with Crippen molar-refractivity contribution in [2.24, 2.45) is 0 Å². The van der Waals surface area contributed by atoms with Crippen LogP contribution in [0.4, 0.5) is 16.2 Å². The molecular weight excluding hydrogens is 382 g/mol. The molecule has 0 saturated carbocycles. The summed E-state index contributed by atoms with van der Waals surface area (Å²) in [6, 6.07) is 15.6. The Hall–Kier alpha value is -4.20. The number of aromatic amines is 1. The van der Waals surface area contributed by atoms with Crippen LogP contribution in [-0.2, 0) is 6.42 Å². The predicted molar refractivity (Wildman–Crippen MR) is 115 cm³/mol. The molecule has 8 nitrogen and oxygen atoms in total. The van der Waals surface area contributed by atoms with Gasteiger partial charge in [-0.05, 0) is 35.9 Å². The van der Waals surface area contributed by atoms with Gasteiger partial charge in [0.1, 0.15) is 5.75 Å². The van der Waals surface area contributed by atoms with Crippen molar-refractivity contribution in [3.8, 4) is 5.75 Å². The van der Waals surface area contributed by atoms with Crippen LogP contribution in [0.15, 0.2) is 71.8 Å². The number of H-pyrrole nitrogens is 1. The van der Waals surface area contributed by atoms with Crippen LogP contribution in [0.3, 0.4) is 0 Å². The van der Waals surface area contributed by atoms with Gasteiger partial charge < -0.3 is 15.4 Å². The van der Waals surface area contributed by atoms with Crippen LogP contribution in [0, 0.1) is 0 Å². The molecule has 0 atom stereocenters. The van der Waals surface area contributed by atoms with Gasteiger partial charge in [0, 0.05) is 41.6 Å². The minimum atomic E-state index is -0.427.